The van der Waals surface area contributed by atoms with E-state index in [1.54, 1.807) is 0 Å². The molecule has 0 bridgehead atoms. The van der Waals surface area contributed by atoms with Gasteiger partial charge in [-0.2, -0.15) is 0 Å². The number of hydrogen-bond acceptors (Lipinski definition) is 1. The lowest BCUT2D eigenvalue weighted by molar-refractivity contribution is 0.433. The van der Waals surface area contributed by atoms with Crippen molar-refractivity contribution in [2.24, 2.45) is 0 Å². The Morgan fingerprint density at radius 3 is 2.75 bits per heavy atom. The third-order valence-electron chi connectivity index (χ3n) is 1.60. The second kappa shape index (κ2) is 3.67. The fourth-order valence-corrected chi connectivity index (χ4v) is 1.81. The van der Waals surface area contributed by atoms with Crippen LogP contribution < -0.4 is 5.32 Å². The summed E-state index contributed by atoms with van der Waals surface area (Å²) in [5.74, 6) is 0. The second-order valence-electron chi connectivity index (χ2n) is 2.30. The molecule has 0 aromatic heterocycles. The first-order chi connectivity index (χ1) is 3.93. The molecule has 0 saturated carbocycles. The van der Waals surface area contributed by atoms with Crippen LogP contribution >= 0.6 is 22.6 Å². The molecule has 1 aliphatic rings. The molecule has 1 nitrogen and oxygen atoms in total. The molecule has 0 spiro atoms. The fraction of sp³-hybridized carbons (Fsp3) is 1.00. The SMILES string of the molecule is ICC1CCCCN1. The topological polar surface area (TPSA) is 12.0 Å². The Balaban J connectivity index is 2.13. The predicted octanol–water partition coefficient (Wildman–Crippen LogP) is 1.56. The maximum Gasteiger partial charge on any atom is 0.0157 e. The van der Waals surface area contributed by atoms with Crippen LogP contribution in [0.4, 0.5) is 0 Å². The molecule has 0 aliphatic carbocycles. The van der Waals surface area contributed by atoms with Crippen molar-refractivity contribution in [3.8, 4) is 0 Å². The molecule has 48 valence electrons. The van der Waals surface area contributed by atoms with Crippen molar-refractivity contribution in [2.45, 2.75) is 25.3 Å². The average molecular weight is 225 g/mol. The fourth-order valence-electron chi connectivity index (χ4n) is 1.06. The van der Waals surface area contributed by atoms with Crippen molar-refractivity contribution < 1.29 is 0 Å². The Morgan fingerprint density at radius 2 is 2.38 bits per heavy atom. The lowest BCUT2D eigenvalue weighted by atomic mass is 10.1. The lowest BCUT2D eigenvalue weighted by Gasteiger charge is -2.20. The van der Waals surface area contributed by atoms with Gasteiger partial charge in [0.1, 0.15) is 0 Å². The Kier molecular flexibility index (Phi) is 3.12. The predicted molar refractivity (Wildman–Crippen MR) is 44.5 cm³/mol. The van der Waals surface area contributed by atoms with Crippen molar-refractivity contribution in [1.82, 2.24) is 5.32 Å². The second-order valence-corrected chi connectivity index (χ2v) is 3.18. The molecule has 1 unspecified atom stereocenters. The van der Waals surface area contributed by atoms with Crippen molar-refractivity contribution in [1.29, 1.82) is 0 Å². The van der Waals surface area contributed by atoms with E-state index in [2.05, 4.69) is 27.9 Å². The van der Waals surface area contributed by atoms with E-state index in [0.717, 1.165) is 6.04 Å². The van der Waals surface area contributed by atoms with Crippen molar-refractivity contribution in [2.75, 3.05) is 11.0 Å². The first-order valence-electron chi connectivity index (χ1n) is 3.23. The summed E-state index contributed by atoms with van der Waals surface area (Å²) in [6, 6.07) is 0.823. The van der Waals surface area contributed by atoms with Crippen molar-refractivity contribution >= 4 is 22.6 Å². The molecule has 1 N–H and O–H groups in total. The highest BCUT2D eigenvalue weighted by atomic mass is 127. The molecule has 0 radical (unpaired) electrons. The molecule has 1 aliphatic heterocycles. The van der Waals surface area contributed by atoms with E-state index in [1.807, 2.05) is 0 Å². The minimum atomic E-state index is 0.823. The Bertz CT molecular complexity index is 59.5. The Hall–Kier alpha value is 0.690. The number of rotatable bonds is 1. The molecule has 1 rings (SSSR count). The highest BCUT2D eigenvalue weighted by Crippen LogP contribution is 2.08. The quantitative estimate of drug-likeness (QED) is 0.527. The van der Waals surface area contributed by atoms with Gasteiger partial charge >= 0.3 is 0 Å². The van der Waals surface area contributed by atoms with Gasteiger partial charge in [0.2, 0.25) is 0 Å². The van der Waals surface area contributed by atoms with Crippen LogP contribution in [0.3, 0.4) is 0 Å². The third kappa shape index (κ3) is 1.90. The van der Waals surface area contributed by atoms with Crippen LogP contribution in [0.2, 0.25) is 0 Å². The van der Waals surface area contributed by atoms with Gasteiger partial charge in [-0.3, -0.25) is 0 Å². The normalized spacial score (nSPS) is 30.4. The molecule has 0 amide bonds. The summed E-state index contributed by atoms with van der Waals surface area (Å²) in [4.78, 5) is 0. The van der Waals surface area contributed by atoms with E-state index in [1.165, 1.54) is 30.2 Å². The van der Waals surface area contributed by atoms with E-state index in [-0.39, 0.29) is 0 Å². The van der Waals surface area contributed by atoms with Gasteiger partial charge in [0.15, 0.2) is 0 Å². The Morgan fingerprint density at radius 1 is 1.50 bits per heavy atom. The van der Waals surface area contributed by atoms with E-state index < -0.39 is 0 Å². The molecule has 1 heterocycles. The standard InChI is InChI=1S/C6H12IN/c7-5-6-3-1-2-4-8-6/h6,8H,1-5H2. The smallest absolute Gasteiger partial charge is 0.0157 e. The lowest BCUT2D eigenvalue weighted by Crippen LogP contribution is -2.34. The minimum Gasteiger partial charge on any atom is -0.313 e. The summed E-state index contributed by atoms with van der Waals surface area (Å²) in [6.45, 7) is 1.24. The molecule has 0 aromatic carbocycles. The summed E-state index contributed by atoms with van der Waals surface area (Å²) < 4.78 is 1.28. The molecule has 2 heteroatoms. The zero-order chi connectivity index (χ0) is 5.82. The summed E-state index contributed by atoms with van der Waals surface area (Å²) in [5, 5.41) is 3.46. The van der Waals surface area contributed by atoms with Crippen LogP contribution in [-0.4, -0.2) is 17.0 Å². The minimum absolute atomic E-state index is 0.823. The summed E-state index contributed by atoms with van der Waals surface area (Å²) in [6.07, 6.45) is 4.21. The Labute approximate surface area is 64.4 Å². The molecular weight excluding hydrogens is 213 g/mol. The van der Waals surface area contributed by atoms with Gasteiger partial charge in [-0.1, -0.05) is 29.0 Å². The average Bonchev–Trinajstić information content (AvgIpc) is 1.90. The van der Waals surface area contributed by atoms with Crippen LogP contribution in [0.5, 0.6) is 0 Å². The largest absolute Gasteiger partial charge is 0.313 e. The van der Waals surface area contributed by atoms with Gasteiger partial charge in [-0.15, -0.1) is 0 Å². The van der Waals surface area contributed by atoms with E-state index >= 15 is 0 Å². The van der Waals surface area contributed by atoms with E-state index in [4.69, 9.17) is 0 Å². The number of halogens is 1. The first-order valence-corrected chi connectivity index (χ1v) is 4.75. The van der Waals surface area contributed by atoms with Gasteiger partial charge in [0, 0.05) is 10.5 Å². The molecule has 1 saturated heterocycles. The van der Waals surface area contributed by atoms with Crippen LogP contribution in [0.15, 0.2) is 0 Å². The van der Waals surface area contributed by atoms with Gasteiger partial charge in [0.25, 0.3) is 0 Å². The third-order valence-corrected chi connectivity index (χ3v) is 2.66. The highest BCUT2D eigenvalue weighted by molar-refractivity contribution is 14.1. The van der Waals surface area contributed by atoms with Crippen LogP contribution in [0, 0.1) is 0 Å². The molecular formula is C6H12IN. The number of piperidine rings is 1. The first kappa shape index (κ1) is 6.81. The zero-order valence-corrected chi connectivity index (χ0v) is 7.15. The summed E-state index contributed by atoms with van der Waals surface area (Å²) in [7, 11) is 0. The monoisotopic (exact) mass is 225 g/mol. The number of hydrogen-bond donors (Lipinski definition) is 1. The van der Waals surface area contributed by atoms with E-state index in [9.17, 15) is 0 Å². The maximum absolute atomic E-state index is 3.46. The van der Waals surface area contributed by atoms with Gasteiger partial charge in [-0.25, -0.2) is 0 Å². The van der Waals surface area contributed by atoms with Crippen LogP contribution in [0.1, 0.15) is 19.3 Å². The molecule has 1 atom stereocenters. The van der Waals surface area contributed by atoms with Crippen LogP contribution in [-0.2, 0) is 0 Å². The van der Waals surface area contributed by atoms with Gasteiger partial charge in [0.05, 0.1) is 0 Å². The number of nitrogens with one attached hydrogen (secondary N) is 1. The molecule has 0 aromatic rings. The zero-order valence-electron chi connectivity index (χ0n) is 4.99. The maximum atomic E-state index is 3.46. The van der Waals surface area contributed by atoms with Crippen LogP contribution in [0.25, 0.3) is 0 Å². The van der Waals surface area contributed by atoms with Crippen molar-refractivity contribution in [3.63, 3.8) is 0 Å². The van der Waals surface area contributed by atoms with Gasteiger partial charge in [-0.05, 0) is 19.4 Å². The molecule has 8 heavy (non-hydrogen) atoms. The summed E-state index contributed by atoms with van der Waals surface area (Å²) >= 11 is 2.44. The number of alkyl halides is 1. The van der Waals surface area contributed by atoms with Crippen molar-refractivity contribution in [3.05, 3.63) is 0 Å². The highest BCUT2D eigenvalue weighted by Gasteiger charge is 2.08. The molecule has 1 fully saturated rings. The summed E-state index contributed by atoms with van der Waals surface area (Å²) in [5.41, 5.74) is 0. The van der Waals surface area contributed by atoms with Gasteiger partial charge < -0.3 is 5.32 Å². The van der Waals surface area contributed by atoms with E-state index in [0.29, 0.717) is 0 Å².